The van der Waals surface area contributed by atoms with Crippen LogP contribution in [0.4, 0.5) is 32.3 Å². The highest BCUT2D eigenvalue weighted by atomic mass is 16.6. The number of ether oxygens (including phenoxy) is 4. The first-order chi connectivity index (χ1) is 25.2. The van der Waals surface area contributed by atoms with Gasteiger partial charge in [0, 0.05) is 35.8 Å². The maximum Gasteiger partial charge on any atom is 0.414 e. The van der Waals surface area contributed by atoms with Gasteiger partial charge in [-0.15, -0.1) is 0 Å². The molecular formula is C36H36N6O10. The highest BCUT2D eigenvalue weighted by Gasteiger charge is 2.35. The van der Waals surface area contributed by atoms with Crippen molar-refractivity contribution in [3.63, 3.8) is 0 Å². The molecule has 2 N–H and O–H groups in total. The van der Waals surface area contributed by atoms with E-state index in [1.165, 1.54) is 21.9 Å². The van der Waals surface area contributed by atoms with E-state index in [0.29, 0.717) is 49.1 Å². The summed E-state index contributed by atoms with van der Waals surface area (Å²) in [6.45, 7) is 2.24. The number of carbonyl (C=O) groups excluding carboxylic acids is 6. The Kier molecular flexibility index (Phi) is 9.99. The standard InChI is InChI=1S/C36H36N6O10/c43-31-21-49-15-13-39(31)23-5-9-25(10-6-23)41-19-27(51-35(41)47)17-37-33(45)29-3-1-2-4-30(29)34(46)38-18-28-20-42(36(48)52-28)26-11-7-24(8-12-26)40-14-16-50-22-32(40)44/h1-12,27-28H,13-22H2,(H,37,45)(H,38,46)/t27-,28+. The first kappa shape index (κ1) is 34.4. The lowest BCUT2D eigenvalue weighted by Gasteiger charge is -2.27. The summed E-state index contributed by atoms with van der Waals surface area (Å²) in [7, 11) is 0. The average molecular weight is 713 g/mol. The van der Waals surface area contributed by atoms with Gasteiger partial charge in [-0.3, -0.25) is 29.0 Å². The van der Waals surface area contributed by atoms with E-state index in [4.69, 9.17) is 18.9 Å². The molecule has 270 valence electrons. The third-order valence-electron chi connectivity index (χ3n) is 9.06. The van der Waals surface area contributed by atoms with Crippen molar-refractivity contribution in [1.29, 1.82) is 0 Å². The summed E-state index contributed by atoms with van der Waals surface area (Å²) in [6.07, 6.45) is -2.42. The Morgan fingerprint density at radius 2 is 0.923 bits per heavy atom. The highest BCUT2D eigenvalue weighted by molar-refractivity contribution is 6.07. The van der Waals surface area contributed by atoms with Crippen molar-refractivity contribution < 1.29 is 47.7 Å². The van der Waals surface area contributed by atoms with Crippen molar-refractivity contribution in [2.75, 3.05) is 85.3 Å². The summed E-state index contributed by atoms with van der Waals surface area (Å²) < 4.78 is 21.3. The fourth-order valence-electron chi connectivity index (χ4n) is 6.37. The number of nitrogens with zero attached hydrogens (tertiary/aromatic N) is 4. The molecule has 0 spiro atoms. The summed E-state index contributed by atoms with van der Waals surface area (Å²) in [5.41, 5.74) is 2.82. The Hall–Kier alpha value is -6.00. The largest absolute Gasteiger partial charge is 0.442 e. The lowest BCUT2D eigenvalue weighted by molar-refractivity contribution is -0.126. The first-order valence-corrected chi connectivity index (χ1v) is 16.8. The molecule has 4 fully saturated rings. The summed E-state index contributed by atoms with van der Waals surface area (Å²) in [5, 5.41) is 5.51. The molecule has 16 nitrogen and oxygen atoms in total. The van der Waals surface area contributed by atoms with Gasteiger partial charge in [0.25, 0.3) is 23.6 Å². The van der Waals surface area contributed by atoms with Crippen LogP contribution in [0.1, 0.15) is 20.7 Å². The second kappa shape index (κ2) is 15.1. The van der Waals surface area contributed by atoms with Crippen molar-refractivity contribution >= 4 is 58.6 Å². The van der Waals surface area contributed by atoms with Gasteiger partial charge in [0.15, 0.2) is 0 Å². The topological polar surface area (TPSA) is 176 Å². The van der Waals surface area contributed by atoms with Crippen molar-refractivity contribution in [3.8, 4) is 0 Å². The summed E-state index contributed by atoms with van der Waals surface area (Å²) in [5.74, 6) is -1.32. The van der Waals surface area contributed by atoms with Crippen LogP contribution in [0.3, 0.4) is 0 Å². The van der Waals surface area contributed by atoms with Gasteiger partial charge in [0.1, 0.15) is 25.4 Å². The molecule has 3 aromatic rings. The van der Waals surface area contributed by atoms with E-state index < -0.39 is 36.2 Å². The number of anilines is 4. The zero-order valence-electron chi connectivity index (χ0n) is 28.0. The maximum atomic E-state index is 13.2. The van der Waals surface area contributed by atoms with Gasteiger partial charge in [-0.25, -0.2) is 9.59 Å². The quantitative estimate of drug-likeness (QED) is 0.316. The number of hydrogen-bond acceptors (Lipinski definition) is 10. The van der Waals surface area contributed by atoms with Crippen LogP contribution >= 0.6 is 0 Å². The SMILES string of the molecule is O=C(NC[C@@H]1CN(c2ccc(N3CCOCC3=O)cc2)C(=O)O1)c1ccccc1C(=O)NC[C@H]1CN(c2ccc(N3CCOCC3=O)cc2)C(=O)O1. The lowest BCUT2D eigenvalue weighted by Crippen LogP contribution is -2.41. The van der Waals surface area contributed by atoms with Crippen molar-refractivity contribution in [2.24, 2.45) is 0 Å². The van der Waals surface area contributed by atoms with Gasteiger partial charge < -0.3 is 39.4 Å². The van der Waals surface area contributed by atoms with E-state index in [2.05, 4.69) is 10.6 Å². The zero-order valence-corrected chi connectivity index (χ0v) is 28.0. The van der Waals surface area contributed by atoms with E-state index in [0.717, 1.165) is 0 Å². The minimum absolute atomic E-state index is 0.00891. The van der Waals surface area contributed by atoms with Crippen LogP contribution in [0.15, 0.2) is 72.8 Å². The maximum absolute atomic E-state index is 13.2. The Labute approximate surface area is 298 Å². The van der Waals surface area contributed by atoms with Crippen LogP contribution in [0.2, 0.25) is 0 Å². The molecule has 4 aliphatic heterocycles. The normalized spacial score (nSPS) is 20.5. The predicted molar refractivity (Wildman–Crippen MR) is 186 cm³/mol. The number of amides is 6. The molecule has 4 saturated heterocycles. The van der Waals surface area contributed by atoms with Crippen LogP contribution < -0.4 is 30.2 Å². The van der Waals surface area contributed by atoms with Crippen molar-refractivity contribution in [3.05, 3.63) is 83.9 Å². The molecule has 0 radical (unpaired) electrons. The Morgan fingerprint density at radius 3 is 1.29 bits per heavy atom. The van der Waals surface area contributed by atoms with Crippen LogP contribution in [0, 0.1) is 0 Å². The number of hydrogen-bond donors (Lipinski definition) is 2. The number of cyclic esters (lactones) is 2. The third-order valence-corrected chi connectivity index (χ3v) is 9.06. The minimum Gasteiger partial charge on any atom is -0.442 e. The number of rotatable bonds is 10. The van der Waals surface area contributed by atoms with Crippen LogP contribution in [-0.4, -0.2) is 114 Å². The second-order valence-electron chi connectivity index (χ2n) is 12.4. The summed E-state index contributed by atoms with van der Waals surface area (Å²) >= 11 is 0. The molecule has 0 aromatic heterocycles. The number of benzene rings is 3. The van der Waals surface area contributed by atoms with Gasteiger partial charge in [0.05, 0.1) is 50.5 Å². The van der Waals surface area contributed by atoms with Gasteiger partial charge in [-0.2, -0.15) is 0 Å². The van der Waals surface area contributed by atoms with Crippen molar-refractivity contribution in [2.45, 2.75) is 12.2 Å². The molecule has 16 heteroatoms. The Morgan fingerprint density at radius 1 is 0.558 bits per heavy atom. The average Bonchev–Trinajstić information content (AvgIpc) is 3.74. The Balaban J connectivity index is 0.900. The van der Waals surface area contributed by atoms with E-state index in [1.54, 1.807) is 70.5 Å². The fraction of sp³-hybridized carbons (Fsp3) is 0.333. The molecule has 4 heterocycles. The van der Waals surface area contributed by atoms with Gasteiger partial charge in [-0.05, 0) is 60.7 Å². The Bertz CT molecular complexity index is 1740. The molecule has 0 saturated carbocycles. The highest BCUT2D eigenvalue weighted by Crippen LogP contribution is 2.27. The summed E-state index contributed by atoms with van der Waals surface area (Å²) in [6, 6.07) is 20.2. The van der Waals surface area contributed by atoms with Gasteiger partial charge in [0.2, 0.25) is 0 Å². The molecule has 4 aliphatic rings. The zero-order chi connectivity index (χ0) is 36.2. The molecule has 0 unspecified atom stereocenters. The van der Waals surface area contributed by atoms with E-state index >= 15 is 0 Å². The molecule has 6 amide bonds. The molecule has 3 aromatic carbocycles. The predicted octanol–water partition coefficient (Wildman–Crippen LogP) is 1.92. The number of carbonyl (C=O) groups is 6. The summed E-state index contributed by atoms with van der Waals surface area (Å²) in [4.78, 5) is 82.3. The lowest BCUT2D eigenvalue weighted by atomic mass is 10.1. The number of morpholine rings is 2. The van der Waals surface area contributed by atoms with Crippen LogP contribution in [0.5, 0.6) is 0 Å². The molecule has 0 aliphatic carbocycles. The van der Waals surface area contributed by atoms with E-state index in [9.17, 15) is 28.8 Å². The van der Waals surface area contributed by atoms with Crippen LogP contribution in [0.25, 0.3) is 0 Å². The second-order valence-corrected chi connectivity index (χ2v) is 12.4. The monoisotopic (exact) mass is 712 g/mol. The van der Waals surface area contributed by atoms with Gasteiger partial charge >= 0.3 is 12.2 Å². The first-order valence-electron chi connectivity index (χ1n) is 16.8. The molecule has 7 rings (SSSR count). The molecule has 52 heavy (non-hydrogen) atoms. The molecular weight excluding hydrogens is 676 g/mol. The van der Waals surface area contributed by atoms with E-state index in [-0.39, 0.29) is 62.3 Å². The molecule has 2 atom stereocenters. The third kappa shape index (κ3) is 7.38. The number of nitrogens with one attached hydrogen (secondary N) is 2. The smallest absolute Gasteiger partial charge is 0.414 e. The minimum atomic E-state index is -0.643. The van der Waals surface area contributed by atoms with Crippen molar-refractivity contribution in [1.82, 2.24) is 10.6 Å². The fourth-order valence-corrected chi connectivity index (χ4v) is 6.37. The molecule has 0 bridgehead atoms. The van der Waals surface area contributed by atoms with E-state index in [1.807, 2.05) is 0 Å². The van der Waals surface area contributed by atoms with Crippen LogP contribution in [-0.2, 0) is 28.5 Å². The van der Waals surface area contributed by atoms with Gasteiger partial charge in [-0.1, -0.05) is 12.1 Å².